The molecule has 2 aromatic heterocycles. The van der Waals surface area contributed by atoms with Crippen LogP contribution in [0.3, 0.4) is 0 Å². The first-order valence-corrected chi connectivity index (χ1v) is 12.7. The molecular weight excluding hydrogens is 520 g/mol. The molecule has 0 aliphatic heterocycles. The molecule has 194 valence electrons. The van der Waals surface area contributed by atoms with Crippen LogP contribution < -0.4 is 4.74 Å². The van der Waals surface area contributed by atoms with Crippen molar-refractivity contribution in [3.63, 3.8) is 0 Å². The van der Waals surface area contributed by atoms with Gasteiger partial charge in [-0.25, -0.2) is 18.7 Å². The molecule has 0 N–H and O–H groups in total. The van der Waals surface area contributed by atoms with E-state index in [-0.39, 0.29) is 12.4 Å². The van der Waals surface area contributed by atoms with Gasteiger partial charge in [-0.1, -0.05) is 54.1 Å². The first-order valence-electron chi connectivity index (χ1n) is 12.3. The minimum atomic E-state index is -0.436. The molecule has 6 rings (SSSR count). The molecule has 0 radical (unpaired) electrons. The van der Waals surface area contributed by atoms with Crippen LogP contribution in [0.25, 0.3) is 22.2 Å². The normalized spacial score (nSPS) is 11.3. The predicted octanol–water partition coefficient (Wildman–Crippen LogP) is 7.84. The Kier molecular flexibility index (Phi) is 6.82. The largest absolute Gasteiger partial charge is 0.489 e. The van der Waals surface area contributed by atoms with Gasteiger partial charge in [-0.05, 0) is 53.6 Å². The van der Waals surface area contributed by atoms with Gasteiger partial charge in [0, 0.05) is 22.6 Å². The van der Waals surface area contributed by atoms with Gasteiger partial charge in [-0.3, -0.25) is 0 Å². The lowest BCUT2D eigenvalue weighted by molar-refractivity contribution is 0.300. The zero-order valence-electron chi connectivity index (χ0n) is 20.7. The number of halogens is 3. The summed E-state index contributed by atoms with van der Waals surface area (Å²) in [5.74, 6) is 1.22. The Balaban J connectivity index is 1.23. The number of rotatable bonds is 8. The SMILES string of the molecule is Fc1cc(Cl)ccc1COc1cccc(-c2ccc(Cc3nc4ccccc4n3Cc3cnco3)cc2F)c1. The Morgan fingerprint density at radius 3 is 2.62 bits per heavy atom. The fraction of sp³-hybridized carbons (Fsp3) is 0.0968. The van der Waals surface area contributed by atoms with Crippen molar-refractivity contribution in [2.75, 3.05) is 0 Å². The molecule has 39 heavy (non-hydrogen) atoms. The molecule has 6 aromatic rings. The zero-order chi connectivity index (χ0) is 26.8. The highest BCUT2D eigenvalue weighted by atomic mass is 35.5. The number of imidazole rings is 1. The van der Waals surface area contributed by atoms with Gasteiger partial charge in [-0.15, -0.1) is 0 Å². The highest BCUT2D eigenvalue weighted by Gasteiger charge is 2.15. The van der Waals surface area contributed by atoms with Gasteiger partial charge in [0.25, 0.3) is 0 Å². The first-order chi connectivity index (χ1) is 19.0. The summed E-state index contributed by atoms with van der Waals surface area (Å²) >= 11 is 5.82. The topological polar surface area (TPSA) is 53.1 Å². The van der Waals surface area contributed by atoms with E-state index in [1.807, 2.05) is 36.4 Å². The van der Waals surface area contributed by atoms with E-state index in [2.05, 4.69) is 9.55 Å². The van der Waals surface area contributed by atoms with Gasteiger partial charge in [0.05, 0.1) is 23.8 Å². The van der Waals surface area contributed by atoms with Gasteiger partial charge >= 0.3 is 0 Å². The van der Waals surface area contributed by atoms with Crippen LogP contribution in [0.4, 0.5) is 8.78 Å². The van der Waals surface area contributed by atoms with Crippen LogP contribution in [0.1, 0.15) is 22.7 Å². The molecule has 0 saturated heterocycles. The third-order valence-electron chi connectivity index (χ3n) is 6.48. The molecule has 0 fully saturated rings. The number of hydrogen-bond donors (Lipinski definition) is 0. The minimum Gasteiger partial charge on any atom is -0.489 e. The van der Waals surface area contributed by atoms with Gasteiger partial charge in [0.1, 0.15) is 35.6 Å². The maximum atomic E-state index is 15.4. The molecule has 0 spiro atoms. The van der Waals surface area contributed by atoms with E-state index in [4.69, 9.17) is 25.7 Å². The van der Waals surface area contributed by atoms with Crippen molar-refractivity contribution in [2.45, 2.75) is 19.6 Å². The van der Waals surface area contributed by atoms with Crippen LogP contribution in [0, 0.1) is 11.6 Å². The van der Waals surface area contributed by atoms with Crippen LogP contribution in [0.5, 0.6) is 5.75 Å². The van der Waals surface area contributed by atoms with Crippen LogP contribution in [0.2, 0.25) is 5.02 Å². The Morgan fingerprint density at radius 2 is 1.79 bits per heavy atom. The molecule has 0 atom stereocenters. The Labute approximate surface area is 228 Å². The molecule has 0 saturated carbocycles. The number of aromatic nitrogens is 3. The number of ether oxygens (including phenoxy) is 1. The second kappa shape index (κ2) is 10.7. The maximum absolute atomic E-state index is 15.4. The van der Waals surface area contributed by atoms with Gasteiger partial charge in [-0.2, -0.15) is 0 Å². The zero-order valence-corrected chi connectivity index (χ0v) is 21.4. The van der Waals surface area contributed by atoms with E-state index in [1.165, 1.54) is 18.5 Å². The minimum absolute atomic E-state index is 0.0307. The summed E-state index contributed by atoms with van der Waals surface area (Å²) < 4.78 is 42.8. The number of nitrogens with zero attached hydrogens (tertiary/aromatic N) is 3. The molecule has 0 bridgehead atoms. The van der Waals surface area contributed by atoms with Crippen LogP contribution in [-0.2, 0) is 19.6 Å². The standard InChI is InChI=1S/C31H22ClF2N3O2/c32-23-10-9-22(27(33)15-23)18-38-24-5-3-4-21(14-24)26-11-8-20(12-28(26)34)13-31-36-29-6-1-2-7-30(29)37(31)17-25-16-35-19-39-25/h1-12,14-16,19H,13,17-18H2. The van der Waals surface area contributed by atoms with Crippen molar-refractivity contribution < 1.29 is 17.9 Å². The van der Waals surface area contributed by atoms with Crippen LogP contribution in [-0.4, -0.2) is 14.5 Å². The third-order valence-corrected chi connectivity index (χ3v) is 6.72. The Bertz CT molecular complexity index is 1770. The van der Waals surface area contributed by atoms with Crippen molar-refractivity contribution in [1.29, 1.82) is 0 Å². The molecule has 0 unspecified atom stereocenters. The summed E-state index contributed by atoms with van der Waals surface area (Å²) in [5, 5.41) is 0.323. The van der Waals surface area contributed by atoms with Crippen molar-refractivity contribution in [2.24, 2.45) is 0 Å². The highest BCUT2D eigenvalue weighted by Crippen LogP contribution is 2.29. The monoisotopic (exact) mass is 541 g/mol. The molecule has 2 heterocycles. The summed E-state index contributed by atoms with van der Waals surface area (Å²) in [6.45, 7) is 0.506. The number of fused-ring (bicyclic) bond motifs is 1. The average Bonchev–Trinajstić information content (AvgIpc) is 3.57. The first kappa shape index (κ1) is 24.8. The third kappa shape index (κ3) is 5.40. The van der Waals surface area contributed by atoms with E-state index in [1.54, 1.807) is 42.6 Å². The fourth-order valence-electron chi connectivity index (χ4n) is 4.55. The second-order valence-electron chi connectivity index (χ2n) is 9.11. The second-order valence-corrected chi connectivity index (χ2v) is 9.55. The van der Waals surface area contributed by atoms with Gasteiger partial charge < -0.3 is 13.7 Å². The molecule has 4 aromatic carbocycles. The van der Waals surface area contributed by atoms with E-state index >= 15 is 4.39 Å². The number of para-hydroxylation sites is 2. The van der Waals surface area contributed by atoms with Gasteiger partial charge in [0.2, 0.25) is 0 Å². The molecule has 8 heteroatoms. The van der Waals surface area contributed by atoms with Crippen molar-refractivity contribution in [3.05, 3.63) is 137 Å². The summed E-state index contributed by atoms with van der Waals surface area (Å²) in [5.41, 5.74) is 4.10. The lowest BCUT2D eigenvalue weighted by Gasteiger charge is -2.11. The van der Waals surface area contributed by atoms with Crippen molar-refractivity contribution in [3.8, 4) is 16.9 Å². The van der Waals surface area contributed by atoms with Crippen molar-refractivity contribution >= 4 is 22.6 Å². The summed E-state index contributed by atoms with van der Waals surface area (Å²) in [6, 6.07) is 24.6. The molecule has 0 aliphatic rings. The lowest BCUT2D eigenvalue weighted by Crippen LogP contribution is -2.06. The number of benzene rings is 4. The smallest absolute Gasteiger partial charge is 0.180 e. The molecule has 0 amide bonds. The van der Waals surface area contributed by atoms with E-state index < -0.39 is 5.82 Å². The van der Waals surface area contributed by atoms with E-state index in [9.17, 15) is 4.39 Å². The van der Waals surface area contributed by atoms with E-state index in [0.29, 0.717) is 46.2 Å². The highest BCUT2D eigenvalue weighted by molar-refractivity contribution is 6.30. The molecule has 5 nitrogen and oxygen atoms in total. The maximum Gasteiger partial charge on any atom is 0.180 e. The van der Waals surface area contributed by atoms with Gasteiger partial charge in [0.15, 0.2) is 6.39 Å². The van der Waals surface area contributed by atoms with Crippen molar-refractivity contribution in [1.82, 2.24) is 14.5 Å². The molecule has 0 aliphatic carbocycles. The van der Waals surface area contributed by atoms with Crippen LogP contribution in [0.15, 0.2) is 102 Å². The quantitative estimate of drug-likeness (QED) is 0.197. The Hall–Kier alpha value is -4.49. The Morgan fingerprint density at radius 1 is 0.897 bits per heavy atom. The average molecular weight is 542 g/mol. The summed E-state index contributed by atoms with van der Waals surface area (Å²) in [4.78, 5) is 8.80. The van der Waals surface area contributed by atoms with Crippen LogP contribution >= 0.6 is 11.6 Å². The predicted molar refractivity (Wildman–Crippen MR) is 146 cm³/mol. The fourth-order valence-corrected chi connectivity index (χ4v) is 4.71. The summed E-state index contributed by atoms with van der Waals surface area (Å²) in [7, 11) is 0. The number of hydrogen-bond acceptors (Lipinski definition) is 4. The molecular formula is C31H22ClF2N3O2. The van der Waals surface area contributed by atoms with E-state index in [0.717, 1.165) is 22.4 Å². The lowest BCUT2D eigenvalue weighted by atomic mass is 10.0. The number of oxazole rings is 1. The summed E-state index contributed by atoms with van der Waals surface area (Å²) in [6.07, 6.45) is 3.52.